The number of aromatic nitrogens is 5. The highest BCUT2D eigenvalue weighted by Crippen LogP contribution is 2.35. The minimum atomic E-state index is -1.37. The van der Waals surface area contributed by atoms with E-state index in [0.717, 1.165) is 41.8 Å². The molecule has 0 bridgehead atoms. The topological polar surface area (TPSA) is 176 Å². The molecular formula is C29H32ClN5O7. The first kappa shape index (κ1) is 29.8. The van der Waals surface area contributed by atoms with E-state index in [1.54, 1.807) is 0 Å². The number of imidazole rings is 1. The van der Waals surface area contributed by atoms with Gasteiger partial charge in [0.15, 0.2) is 22.9 Å². The fourth-order valence-electron chi connectivity index (χ4n) is 5.14. The van der Waals surface area contributed by atoms with Gasteiger partial charge in [-0.15, -0.1) is 0 Å². The van der Waals surface area contributed by atoms with Crippen LogP contribution in [0.25, 0.3) is 22.5 Å². The first-order valence-electron chi connectivity index (χ1n) is 13.7. The van der Waals surface area contributed by atoms with Crippen molar-refractivity contribution in [2.24, 2.45) is 0 Å². The zero-order chi connectivity index (χ0) is 29.8. The van der Waals surface area contributed by atoms with Gasteiger partial charge in [-0.05, 0) is 23.1 Å². The first-order chi connectivity index (χ1) is 20.3. The van der Waals surface area contributed by atoms with Gasteiger partial charge in [0.25, 0.3) is 0 Å². The summed E-state index contributed by atoms with van der Waals surface area (Å²) in [4.78, 5) is 24.8. The Morgan fingerprint density at radius 1 is 1.17 bits per heavy atom. The standard InChI is InChI=1S/C29H32ClN5O7/c1-2-3-8-23-31-26(30)20(15-36)35(23)14-16-9-11-17(12-10-16)18-6-4-5-7-19(18)27-32-28(34-33-27)25-24(37)21(42-40)13-22(41-25)29(38)39/h4-7,9-12,21-22,24-25,36-37,40H,2-3,8,13-15H2,1H3,(H,38,39)(H,32,33,34). The molecule has 2 aromatic heterocycles. The molecule has 42 heavy (non-hydrogen) atoms. The fourth-order valence-corrected chi connectivity index (χ4v) is 5.40. The Balaban J connectivity index is 1.40. The number of carboxylic acids is 1. The number of aliphatic hydroxyl groups is 2. The van der Waals surface area contributed by atoms with Crippen LogP contribution < -0.4 is 0 Å². The lowest BCUT2D eigenvalue weighted by Gasteiger charge is -2.34. The van der Waals surface area contributed by atoms with Gasteiger partial charge in [0.05, 0.1) is 12.3 Å². The first-order valence-corrected chi connectivity index (χ1v) is 14.0. The number of H-pyrrole nitrogens is 1. The average molecular weight is 598 g/mol. The molecule has 1 aliphatic rings. The van der Waals surface area contributed by atoms with Crippen LogP contribution in [-0.4, -0.2) is 69.6 Å². The smallest absolute Gasteiger partial charge is 0.332 e. The zero-order valence-electron chi connectivity index (χ0n) is 22.9. The maximum Gasteiger partial charge on any atom is 0.332 e. The molecule has 4 atom stereocenters. The fraction of sp³-hybridized carbons (Fsp3) is 0.379. The third kappa shape index (κ3) is 6.09. The number of halogens is 1. The summed E-state index contributed by atoms with van der Waals surface area (Å²) >= 11 is 6.30. The van der Waals surface area contributed by atoms with Crippen molar-refractivity contribution in [3.8, 4) is 22.5 Å². The van der Waals surface area contributed by atoms with Crippen LogP contribution in [0.3, 0.4) is 0 Å². The summed E-state index contributed by atoms with van der Waals surface area (Å²) in [7, 11) is 0. The highest BCUT2D eigenvalue weighted by molar-refractivity contribution is 6.30. The Kier molecular flexibility index (Phi) is 9.31. The molecule has 0 saturated carbocycles. The number of hydrogen-bond donors (Lipinski definition) is 5. The second kappa shape index (κ2) is 13.1. The van der Waals surface area contributed by atoms with Crippen LogP contribution in [-0.2, 0) is 34.0 Å². The molecule has 2 aromatic carbocycles. The number of ether oxygens (including phenoxy) is 1. The molecule has 3 heterocycles. The van der Waals surface area contributed by atoms with Crippen LogP contribution in [0.2, 0.25) is 5.15 Å². The molecule has 1 fully saturated rings. The van der Waals surface area contributed by atoms with Gasteiger partial charge in [-0.2, -0.15) is 5.10 Å². The Labute approximate surface area is 246 Å². The number of rotatable bonds is 11. The maximum atomic E-state index is 11.5. The summed E-state index contributed by atoms with van der Waals surface area (Å²) in [6, 6.07) is 15.5. The number of aliphatic carboxylic acids is 1. The van der Waals surface area contributed by atoms with Gasteiger partial charge in [-0.3, -0.25) is 10.4 Å². The number of carboxylic acid groups (broad SMARTS) is 1. The van der Waals surface area contributed by atoms with E-state index in [2.05, 4.69) is 32.0 Å². The van der Waals surface area contributed by atoms with Crippen molar-refractivity contribution in [1.82, 2.24) is 24.7 Å². The SMILES string of the molecule is CCCCc1nc(Cl)c(CO)n1Cc1ccc(-c2ccccc2-c2n[nH]c(C3OC(C(=O)O)CC(OO)C3O)n2)cc1. The summed E-state index contributed by atoms with van der Waals surface area (Å²) in [5, 5.41) is 46.4. The largest absolute Gasteiger partial charge is 0.479 e. The third-order valence-corrected chi connectivity index (χ3v) is 7.71. The number of unbranched alkanes of at least 4 members (excludes halogenated alkanes) is 1. The lowest BCUT2D eigenvalue weighted by Crippen LogP contribution is -2.47. The summed E-state index contributed by atoms with van der Waals surface area (Å²) in [5.74, 6) is 0.0246. The van der Waals surface area contributed by atoms with E-state index < -0.39 is 30.4 Å². The van der Waals surface area contributed by atoms with Crippen molar-refractivity contribution in [1.29, 1.82) is 0 Å². The molecule has 0 aliphatic carbocycles. The minimum Gasteiger partial charge on any atom is -0.479 e. The predicted molar refractivity (Wildman–Crippen MR) is 152 cm³/mol. The number of nitrogens with one attached hydrogen (secondary N) is 1. The molecule has 5 N–H and O–H groups in total. The summed E-state index contributed by atoms with van der Waals surface area (Å²) in [6.07, 6.45) is -2.50. The minimum absolute atomic E-state index is 0.105. The highest BCUT2D eigenvalue weighted by atomic mass is 35.5. The van der Waals surface area contributed by atoms with Gasteiger partial charge in [0.1, 0.15) is 24.1 Å². The van der Waals surface area contributed by atoms with Gasteiger partial charge in [0, 0.05) is 24.9 Å². The van der Waals surface area contributed by atoms with E-state index in [9.17, 15) is 25.4 Å². The molecule has 4 aromatic rings. The summed E-state index contributed by atoms with van der Waals surface area (Å²) < 4.78 is 7.52. The van der Waals surface area contributed by atoms with Gasteiger partial charge < -0.3 is 24.6 Å². The molecule has 1 saturated heterocycles. The van der Waals surface area contributed by atoms with Crippen LogP contribution in [0.1, 0.15) is 55.2 Å². The molecule has 1 aliphatic heterocycles. The van der Waals surface area contributed by atoms with Crippen molar-refractivity contribution < 1.29 is 35.0 Å². The Hall–Kier alpha value is -3.65. The third-order valence-electron chi connectivity index (χ3n) is 7.41. The van der Waals surface area contributed by atoms with Crippen molar-refractivity contribution in [2.75, 3.05) is 0 Å². The second-order valence-electron chi connectivity index (χ2n) is 10.2. The molecule has 0 amide bonds. The van der Waals surface area contributed by atoms with Gasteiger partial charge in [0.2, 0.25) is 0 Å². The molecule has 5 rings (SSSR count). The number of aliphatic hydroxyl groups excluding tert-OH is 2. The molecule has 222 valence electrons. The lowest BCUT2D eigenvalue weighted by molar-refractivity contribution is -0.326. The Morgan fingerprint density at radius 3 is 2.57 bits per heavy atom. The van der Waals surface area contributed by atoms with Crippen LogP contribution in [0.5, 0.6) is 0 Å². The van der Waals surface area contributed by atoms with Crippen molar-refractivity contribution in [2.45, 2.75) is 70.2 Å². The van der Waals surface area contributed by atoms with E-state index in [1.807, 2.05) is 53.1 Å². The molecule has 4 unspecified atom stereocenters. The number of benzene rings is 2. The van der Waals surface area contributed by atoms with Gasteiger partial charge in [-0.1, -0.05) is 73.5 Å². The summed E-state index contributed by atoms with van der Waals surface area (Å²) in [6.45, 7) is 2.43. The quantitative estimate of drug-likeness (QED) is 0.125. The van der Waals surface area contributed by atoms with Gasteiger partial charge in [-0.25, -0.2) is 19.7 Å². The number of hydrogen-bond acceptors (Lipinski definition) is 9. The van der Waals surface area contributed by atoms with Crippen molar-refractivity contribution in [3.05, 3.63) is 76.6 Å². The highest BCUT2D eigenvalue weighted by Gasteiger charge is 2.44. The maximum absolute atomic E-state index is 11.5. The second-order valence-corrected chi connectivity index (χ2v) is 10.5. The van der Waals surface area contributed by atoms with Gasteiger partial charge >= 0.3 is 5.97 Å². The van der Waals surface area contributed by atoms with E-state index in [-0.39, 0.29) is 18.9 Å². The molecule has 0 spiro atoms. The van der Waals surface area contributed by atoms with E-state index in [1.165, 1.54) is 0 Å². The molecule has 13 heteroatoms. The molecule has 0 radical (unpaired) electrons. The number of aromatic amines is 1. The lowest BCUT2D eigenvalue weighted by atomic mass is 9.97. The Morgan fingerprint density at radius 2 is 1.90 bits per heavy atom. The van der Waals surface area contributed by atoms with Crippen molar-refractivity contribution in [3.63, 3.8) is 0 Å². The monoisotopic (exact) mass is 597 g/mol. The number of nitrogens with zero attached hydrogens (tertiary/aromatic N) is 4. The van der Waals surface area contributed by atoms with Crippen molar-refractivity contribution >= 4 is 17.6 Å². The van der Waals surface area contributed by atoms with Crippen LogP contribution in [0, 0.1) is 0 Å². The molecule has 12 nitrogen and oxygen atoms in total. The zero-order valence-corrected chi connectivity index (χ0v) is 23.6. The normalized spacial score (nSPS) is 20.6. The number of aryl methyl sites for hydroxylation is 1. The number of carbonyl (C=O) groups is 1. The summed E-state index contributed by atoms with van der Waals surface area (Å²) in [5.41, 5.74) is 4.07. The average Bonchev–Trinajstić information content (AvgIpc) is 3.60. The van der Waals surface area contributed by atoms with E-state index >= 15 is 0 Å². The van der Waals surface area contributed by atoms with Crippen LogP contribution >= 0.6 is 11.6 Å². The van der Waals surface area contributed by atoms with E-state index in [4.69, 9.17) is 16.3 Å². The Bertz CT molecular complexity index is 1520. The van der Waals surface area contributed by atoms with Crippen LogP contribution in [0.4, 0.5) is 0 Å². The predicted octanol–water partition coefficient (Wildman–Crippen LogP) is 4.01. The van der Waals surface area contributed by atoms with E-state index in [0.29, 0.717) is 28.8 Å². The molecular weight excluding hydrogens is 566 g/mol. The van der Waals surface area contributed by atoms with Crippen LogP contribution in [0.15, 0.2) is 48.5 Å².